The lowest BCUT2D eigenvalue weighted by atomic mass is 9.92. The van der Waals surface area contributed by atoms with Gasteiger partial charge in [0.05, 0.1) is 5.92 Å². The number of likely N-dealkylation sites (tertiary alicyclic amines) is 1. The van der Waals surface area contributed by atoms with Crippen molar-refractivity contribution in [1.82, 2.24) is 10.2 Å². The van der Waals surface area contributed by atoms with Crippen LogP contribution in [0.3, 0.4) is 0 Å². The van der Waals surface area contributed by atoms with Crippen LogP contribution >= 0.6 is 0 Å². The molecule has 2 rings (SSSR count). The second kappa shape index (κ2) is 9.39. The van der Waals surface area contributed by atoms with Crippen LogP contribution in [0.1, 0.15) is 39.5 Å². The van der Waals surface area contributed by atoms with E-state index in [9.17, 15) is 19.5 Å². The average Bonchev–Trinajstić information content (AvgIpc) is 2.67. The Morgan fingerprint density at radius 2 is 2.00 bits per heavy atom. The fourth-order valence-electron chi connectivity index (χ4n) is 3.27. The van der Waals surface area contributed by atoms with E-state index in [1.807, 2.05) is 25.1 Å². The first kappa shape index (κ1) is 20.7. The summed E-state index contributed by atoms with van der Waals surface area (Å²) in [7, 11) is 0. The summed E-state index contributed by atoms with van der Waals surface area (Å²) >= 11 is 0. The summed E-state index contributed by atoms with van der Waals surface area (Å²) in [6, 6.07) is 9.08. The van der Waals surface area contributed by atoms with Crippen molar-refractivity contribution in [3.8, 4) is 5.75 Å². The van der Waals surface area contributed by atoms with E-state index in [4.69, 9.17) is 4.74 Å². The monoisotopic (exact) mass is 376 g/mol. The summed E-state index contributed by atoms with van der Waals surface area (Å²) in [4.78, 5) is 38.2. The zero-order valence-electron chi connectivity index (χ0n) is 15.9. The van der Waals surface area contributed by atoms with E-state index in [2.05, 4.69) is 5.32 Å². The molecule has 2 N–H and O–H groups in total. The quantitative estimate of drug-likeness (QED) is 0.724. The van der Waals surface area contributed by atoms with E-state index >= 15 is 0 Å². The molecule has 0 spiro atoms. The van der Waals surface area contributed by atoms with Gasteiger partial charge in [-0.05, 0) is 38.3 Å². The third-order valence-electron chi connectivity index (χ3n) is 4.87. The van der Waals surface area contributed by atoms with E-state index < -0.39 is 17.4 Å². The molecule has 7 nitrogen and oxygen atoms in total. The number of nitrogens with zero attached hydrogens (tertiary/aromatic N) is 1. The summed E-state index contributed by atoms with van der Waals surface area (Å²) in [6.45, 7) is 4.18. The smallest absolute Gasteiger partial charge is 0.329 e. The zero-order valence-corrected chi connectivity index (χ0v) is 15.9. The van der Waals surface area contributed by atoms with Crippen molar-refractivity contribution in [3.63, 3.8) is 0 Å². The highest BCUT2D eigenvalue weighted by molar-refractivity contribution is 5.88. The van der Waals surface area contributed by atoms with Gasteiger partial charge in [0.2, 0.25) is 5.91 Å². The lowest BCUT2D eigenvalue weighted by Crippen LogP contribution is -2.56. The van der Waals surface area contributed by atoms with Gasteiger partial charge in [0.1, 0.15) is 11.3 Å². The summed E-state index contributed by atoms with van der Waals surface area (Å²) < 4.78 is 5.49. The molecule has 0 aliphatic carbocycles. The van der Waals surface area contributed by atoms with E-state index in [1.54, 1.807) is 17.0 Å². The summed E-state index contributed by atoms with van der Waals surface area (Å²) in [5.74, 6) is -1.32. The number of hydrogen-bond acceptors (Lipinski definition) is 4. The second-order valence-electron chi connectivity index (χ2n) is 7.16. The first-order valence-electron chi connectivity index (χ1n) is 9.36. The van der Waals surface area contributed by atoms with Crippen LogP contribution in [0.25, 0.3) is 0 Å². The molecule has 2 amide bonds. The first-order valence-corrected chi connectivity index (χ1v) is 9.36. The number of ether oxygens (including phenoxy) is 1. The van der Waals surface area contributed by atoms with Gasteiger partial charge in [0.15, 0.2) is 6.61 Å². The molecule has 1 aliphatic heterocycles. The van der Waals surface area contributed by atoms with Gasteiger partial charge < -0.3 is 20.1 Å². The molecule has 7 heteroatoms. The molecular weight excluding hydrogens is 348 g/mol. The molecule has 0 aromatic heterocycles. The van der Waals surface area contributed by atoms with Crippen LogP contribution in [-0.4, -0.2) is 53.0 Å². The summed E-state index contributed by atoms with van der Waals surface area (Å²) in [6.07, 6.45) is 2.34. The van der Waals surface area contributed by atoms with Crippen LogP contribution in [0.4, 0.5) is 0 Å². The normalized spacial score (nSPS) is 19.0. The van der Waals surface area contributed by atoms with Crippen molar-refractivity contribution >= 4 is 17.8 Å². The van der Waals surface area contributed by atoms with Crippen molar-refractivity contribution in [2.24, 2.45) is 5.92 Å². The highest BCUT2D eigenvalue weighted by Crippen LogP contribution is 2.20. The highest BCUT2D eigenvalue weighted by atomic mass is 16.5. The molecular formula is C20H28N2O5. The maximum absolute atomic E-state index is 12.6. The Bertz CT molecular complexity index is 664. The largest absolute Gasteiger partial charge is 0.484 e. The Morgan fingerprint density at radius 3 is 2.63 bits per heavy atom. The van der Waals surface area contributed by atoms with Crippen LogP contribution in [0.15, 0.2) is 30.3 Å². The number of aliphatic carboxylic acids is 1. The second-order valence-corrected chi connectivity index (χ2v) is 7.16. The van der Waals surface area contributed by atoms with Crippen molar-refractivity contribution < 1.29 is 24.2 Å². The minimum absolute atomic E-state index is 0.0823. The lowest BCUT2D eigenvalue weighted by Gasteiger charge is -2.34. The minimum Gasteiger partial charge on any atom is -0.484 e. The van der Waals surface area contributed by atoms with Gasteiger partial charge in [-0.1, -0.05) is 31.5 Å². The Kier molecular flexibility index (Phi) is 7.21. The maximum Gasteiger partial charge on any atom is 0.329 e. The van der Waals surface area contributed by atoms with Gasteiger partial charge in [0.25, 0.3) is 5.91 Å². The van der Waals surface area contributed by atoms with Crippen molar-refractivity contribution in [3.05, 3.63) is 30.3 Å². The molecule has 0 bridgehead atoms. The molecule has 1 heterocycles. The number of benzene rings is 1. The zero-order chi connectivity index (χ0) is 19.9. The van der Waals surface area contributed by atoms with Gasteiger partial charge in [-0.25, -0.2) is 4.79 Å². The topological polar surface area (TPSA) is 95.9 Å². The lowest BCUT2D eigenvalue weighted by molar-refractivity contribution is -0.149. The molecule has 0 radical (unpaired) electrons. The van der Waals surface area contributed by atoms with Crippen LogP contribution in [-0.2, 0) is 14.4 Å². The van der Waals surface area contributed by atoms with Crippen molar-refractivity contribution in [2.75, 3.05) is 19.7 Å². The fourth-order valence-corrected chi connectivity index (χ4v) is 3.27. The molecule has 1 aromatic rings. The maximum atomic E-state index is 12.6. The van der Waals surface area contributed by atoms with Gasteiger partial charge in [-0.15, -0.1) is 0 Å². The minimum atomic E-state index is -1.28. The van der Waals surface area contributed by atoms with Gasteiger partial charge in [-0.2, -0.15) is 0 Å². The molecule has 2 atom stereocenters. The number of piperidine rings is 1. The highest BCUT2D eigenvalue weighted by Gasteiger charge is 2.37. The van der Waals surface area contributed by atoms with E-state index in [-0.39, 0.29) is 25.0 Å². The van der Waals surface area contributed by atoms with Crippen molar-refractivity contribution in [1.29, 1.82) is 0 Å². The van der Waals surface area contributed by atoms with Crippen molar-refractivity contribution in [2.45, 2.75) is 45.1 Å². The Hall–Kier alpha value is -2.57. The molecule has 0 saturated carbocycles. The number of amides is 2. The predicted molar refractivity (Wildman–Crippen MR) is 100 cm³/mol. The van der Waals surface area contributed by atoms with E-state index in [0.29, 0.717) is 38.0 Å². The average molecular weight is 376 g/mol. The standard InChI is InChI=1S/C20H28N2O5/c1-3-11-20(2,19(25)26)21-18(24)15-8-7-12-22(13-15)17(23)14-27-16-9-5-4-6-10-16/h4-6,9-10,15H,3,7-8,11-14H2,1-2H3,(H,21,24)(H,25,26). The molecule has 1 aromatic carbocycles. The van der Waals surface area contributed by atoms with Gasteiger partial charge in [0, 0.05) is 13.1 Å². The fraction of sp³-hybridized carbons (Fsp3) is 0.550. The van der Waals surface area contributed by atoms with Crippen LogP contribution < -0.4 is 10.1 Å². The van der Waals surface area contributed by atoms with Gasteiger partial charge >= 0.3 is 5.97 Å². The number of carboxylic acid groups (broad SMARTS) is 1. The summed E-state index contributed by atoms with van der Waals surface area (Å²) in [5, 5.41) is 12.1. The van der Waals surface area contributed by atoms with Gasteiger partial charge in [-0.3, -0.25) is 9.59 Å². The Morgan fingerprint density at radius 1 is 1.30 bits per heavy atom. The molecule has 27 heavy (non-hydrogen) atoms. The van der Waals surface area contributed by atoms with Crippen LogP contribution in [0.5, 0.6) is 5.75 Å². The SMILES string of the molecule is CCCC(C)(NC(=O)C1CCCN(C(=O)COc2ccccc2)C1)C(=O)O. The number of rotatable bonds is 8. The third kappa shape index (κ3) is 5.70. The first-order chi connectivity index (χ1) is 12.9. The molecule has 1 fully saturated rings. The number of carbonyl (C=O) groups is 3. The predicted octanol–water partition coefficient (Wildman–Crippen LogP) is 2.06. The molecule has 2 unspecified atom stereocenters. The molecule has 148 valence electrons. The molecule has 1 aliphatic rings. The van der Waals surface area contributed by atoms with Crippen LogP contribution in [0, 0.1) is 5.92 Å². The number of carbonyl (C=O) groups excluding carboxylic acids is 2. The number of carboxylic acids is 1. The number of hydrogen-bond donors (Lipinski definition) is 2. The van der Waals surface area contributed by atoms with Crippen LogP contribution in [0.2, 0.25) is 0 Å². The third-order valence-corrected chi connectivity index (χ3v) is 4.87. The number of nitrogens with one attached hydrogen (secondary N) is 1. The Balaban J connectivity index is 1.91. The Labute approximate surface area is 159 Å². The summed E-state index contributed by atoms with van der Waals surface area (Å²) in [5.41, 5.74) is -1.28. The van der Waals surface area contributed by atoms with E-state index in [1.165, 1.54) is 6.92 Å². The molecule has 1 saturated heterocycles. The van der Waals surface area contributed by atoms with E-state index in [0.717, 1.165) is 0 Å². The number of para-hydroxylation sites is 1.